The van der Waals surface area contributed by atoms with Crippen molar-refractivity contribution in [2.45, 2.75) is 98.3 Å². The van der Waals surface area contributed by atoms with Gasteiger partial charge in [0, 0.05) is 18.7 Å². The van der Waals surface area contributed by atoms with Gasteiger partial charge in [-0.1, -0.05) is 99.0 Å². The molecule has 3 rings (SSSR count). The molecule has 7 heteroatoms. The molecule has 2 N–H and O–H groups in total. The number of aryl methyl sites for hydroxylation is 3. The number of nitrogens with zero attached hydrogens (tertiary/aromatic N) is 1. The van der Waals surface area contributed by atoms with Crippen molar-refractivity contribution in [3.8, 4) is 0 Å². The lowest BCUT2D eigenvalue weighted by atomic mass is 9.96. The lowest BCUT2D eigenvalue weighted by molar-refractivity contribution is -0.140. The molecule has 0 aliphatic carbocycles. The summed E-state index contributed by atoms with van der Waals surface area (Å²) in [6, 6.07) is 21.3. The predicted molar refractivity (Wildman–Crippen MR) is 178 cm³/mol. The Hall–Kier alpha value is -4.13. The third-order valence-electron chi connectivity index (χ3n) is 7.58. The van der Waals surface area contributed by atoms with Gasteiger partial charge in [0.05, 0.1) is 0 Å². The van der Waals surface area contributed by atoms with Gasteiger partial charge in [0.2, 0.25) is 5.91 Å². The van der Waals surface area contributed by atoms with Crippen LogP contribution in [-0.2, 0) is 20.7 Å². The van der Waals surface area contributed by atoms with Gasteiger partial charge < -0.3 is 20.3 Å². The van der Waals surface area contributed by atoms with Crippen LogP contribution in [0.3, 0.4) is 0 Å². The molecule has 7 nitrogen and oxygen atoms in total. The second-order valence-electron chi connectivity index (χ2n) is 12.5. The van der Waals surface area contributed by atoms with E-state index in [0.717, 1.165) is 59.2 Å². The third-order valence-corrected chi connectivity index (χ3v) is 7.58. The first-order valence-corrected chi connectivity index (χ1v) is 15.7. The summed E-state index contributed by atoms with van der Waals surface area (Å²) in [6.45, 7) is 13.7. The number of nitrogens with one attached hydrogen (secondary N) is 2. The maximum Gasteiger partial charge on any atom is 0.408 e. The molecule has 3 aromatic carbocycles. The minimum atomic E-state index is -0.946. The predicted octanol–water partition coefficient (Wildman–Crippen LogP) is 7.84. The summed E-state index contributed by atoms with van der Waals surface area (Å²) in [5.74, 6) is -0.627. The van der Waals surface area contributed by atoms with Gasteiger partial charge in [0.1, 0.15) is 17.7 Å². The molecule has 0 heterocycles. The van der Waals surface area contributed by atoms with E-state index >= 15 is 0 Å². The Balaban J connectivity index is 2.10. The highest BCUT2D eigenvalue weighted by Crippen LogP contribution is 2.29. The molecule has 0 saturated carbocycles. The number of ether oxygens (including phenoxy) is 1. The van der Waals surface area contributed by atoms with Crippen molar-refractivity contribution in [1.82, 2.24) is 10.2 Å². The molecule has 0 radical (unpaired) electrons. The normalized spacial score (nSPS) is 12.6. The highest BCUT2D eigenvalue weighted by molar-refractivity contribution is 6.00. The minimum Gasteiger partial charge on any atom is -0.444 e. The molecule has 44 heavy (non-hydrogen) atoms. The first-order chi connectivity index (χ1) is 20.9. The van der Waals surface area contributed by atoms with Crippen LogP contribution in [0.1, 0.15) is 87.2 Å². The lowest BCUT2D eigenvalue weighted by Gasteiger charge is -2.35. The zero-order chi connectivity index (χ0) is 32.3. The molecule has 0 saturated heterocycles. The van der Waals surface area contributed by atoms with Gasteiger partial charge in [-0.15, -0.1) is 0 Å². The number of carbonyl (C=O) groups is 3. The SMILES string of the molecule is CCCCCCN(C(=O)C(Cc1ccccc1)NC(=O)OC(C)(C)C)C(C(=O)Nc1c(C)cccc1C)c1ccccc1C. The molecular weight excluding hydrogens is 550 g/mol. The van der Waals surface area contributed by atoms with E-state index in [1.54, 1.807) is 25.7 Å². The van der Waals surface area contributed by atoms with Gasteiger partial charge in [0.15, 0.2) is 0 Å². The number of benzene rings is 3. The van der Waals surface area contributed by atoms with Gasteiger partial charge in [-0.25, -0.2) is 4.79 Å². The largest absolute Gasteiger partial charge is 0.444 e. The number of amides is 3. The second-order valence-corrected chi connectivity index (χ2v) is 12.5. The Labute approximate surface area is 263 Å². The van der Waals surface area contributed by atoms with Crippen LogP contribution in [0.15, 0.2) is 72.8 Å². The van der Waals surface area contributed by atoms with Gasteiger partial charge in [-0.05, 0) is 75.8 Å². The lowest BCUT2D eigenvalue weighted by Crippen LogP contribution is -2.53. The fourth-order valence-electron chi connectivity index (χ4n) is 5.32. The Kier molecular flexibility index (Phi) is 12.6. The van der Waals surface area contributed by atoms with Crippen LogP contribution in [-0.4, -0.2) is 41.0 Å². The molecule has 0 fully saturated rings. The number of anilines is 1. The summed E-state index contributed by atoms with van der Waals surface area (Å²) in [6.07, 6.45) is 3.29. The van der Waals surface area contributed by atoms with Gasteiger partial charge in [0.25, 0.3) is 5.91 Å². The Morgan fingerprint density at radius 2 is 1.41 bits per heavy atom. The van der Waals surface area contributed by atoms with Crippen molar-refractivity contribution >= 4 is 23.6 Å². The first-order valence-electron chi connectivity index (χ1n) is 15.7. The molecule has 0 aromatic heterocycles. The molecule has 3 aromatic rings. The number of para-hydroxylation sites is 1. The first kappa shape index (κ1) is 34.4. The van der Waals surface area contributed by atoms with Crippen molar-refractivity contribution in [2.75, 3.05) is 11.9 Å². The van der Waals surface area contributed by atoms with Crippen molar-refractivity contribution in [3.63, 3.8) is 0 Å². The average molecular weight is 600 g/mol. The summed E-state index contributed by atoms with van der Waals surface area (Å²) in [7, 11) is 0. The zero-order valence-corrected chi connectivity index (χ0v) is 27.4. The van der Waals surface area contributed by atoms with Crippen LogP contribution in [0.4, 0.5) is 10.5 Å². The number of carbonyl (C=O) groups excluding carboxylic acids is 3. The fourth-order valence-corrected chi connectivity index (χ4v) is 5.32. The molecule has 236 valence electrons. The monoisotopic (exact) mass is 599 g/mol. The molecule has 0 bridgehead atoms. The molecule has 0 spiro atoms. The molecule has 3 amide bonds. The Bertz CT molecular complexity index is 1380. The van der Waals surface area contributed by atoms with Gasteiger partial charge in [-0.2, -0.15) is 0 Å². The van der Waals surface area contributed by atoms with E-state index in [4.69, 9.17) is 4.74 Å². The Morgan fingerprint density at radius 1 is 0.795 bits per heavy atom. The van der Waals surface area contributed by atoms with Crippen molar-refractivity contribution in [1.29, 1.82) is 0 Å². The zero-order valence-electron chi connectivity index (χ0n) is 27.4. The number of unbranched alkanes of at least 4 members (excludes halogenated alkanes) is 3. The molecular formula is C37H49N3O4. The van der Waals surface area contributed by atoms with E-state index in [0.29, 0.717) is 6.54 Å². The smallest absolute Gasteiger partial charge is 0.408 e. The minimum absolute atomic E-state index is 0.253. The maximum absolute atomic E-state index is 14.7. The van der Waals surface area contributed by atoms with Crippen LogP contribution in [0.5, 0.6) is 0 Å². The van der Waals surface area contributed by atoms with E-state index in [1.807, 2.05) is 93.6 Å². The average Bonchev–Trinajstić information content (AvgIpc) is 2.96. The number of alkyl carbamates (subject to hydrolysis) is 1. The standard InChI is InChI=1S/C37H49N3O4/c1-8-9-10-16-24-40(35(42)31(25-29-21-12-11-13-22-29)38-36(43)44-37(5,6)7)33(30-23-15-14-18-26(30)2)34(41)39-32-27(3)19-17-20-28(32)4/h11-15,17-23,31,33H,8-10,16,24-25H2,1-7H3,(H,38,43)(H,39,41). The van der Waals surface area contributed by atoms with E-state index < -0.39 is 23.8 Å². The maximum atomic E-state index is 14.7. The summed E-state index contributed by atoms with van der Waals surface area (Å²) in [5, 5.41) is 6.00. The van der Waals surface area contributed by atoms with Crippen LogP contribution in [0, 0.1) is 20.8 Å². The quantitative estimate of drug-likeness (QED) is 0.196. The van der Waals surface area contributed by atoms with E-state index in [-0.39, 0.29) is 18.2 Å². The summed E-state index contributed by atoms with van der Waals surface area (Å²) >= 11 is 0. The molecule has 2 unspecified atom stereocenters. The topological polar surface area (TPSA) is 87.7 Å². The number of hydrogen-bond donors (Lipinski definition) is 2. The van der Waals surface area contributed by atoms with Crippen LogP contribution >= 0.6 is 0 Å². The van der Waals surface area contributed by atoms with Crippen LogP contribution < -0.4 is 10.6 Å². The highest BCUT2D eigenvalue weighted by Gasteiger charge is 2.37. The molecule has 0 aliphatic heterocycles. The van der Waals surface area contributed by atoms with Crippen LogP contribution in [0.25, 0.3) is 0 Å². The molecule has 2 atom stereocenters. The third kappa shape index (κ3) is 9.97. The van der Waals surface area contributed by atoms with E-state index in [9.17, 15) is 14.4 Å². The summed E-state index contributed by atoms with van der Waals surface area (Å²) in [4.78, 5) is 43.8. The fraction of sp³-hybridized carbons (Fsp3) is 0.432. The van der Waals surface area contributed by atoms with Gasteiger partial charge in [-0.3, -0.25) is 9.59 Å². The summed E-state index contributed by atoms with van der Waals surface area (Å²) < 4.78 is 5.57. The van der Waals surface area contributed by atoms with Crippen LogP contribution in [0.2, 0.25) is 0 Å². The number of rotatable bonds is 13. The summed E-state index contributed by atoms with van der Waals surface area (Å²) in [5.41, 5.74) is 4.42. The van der Waals surface area contributed by atoms with Gasteiger partial charge >= 0.3 is 6.09 Å². The second kappa shape index (κ2) is 16.1. The highest BCUT2D eigenvalue weighted by atomic mass is 16.6. The van der Waals surface area contributed by atoms with Crippen molar-refractivity contribution in [3.05, 3.63) is 101 Å². The van der Waals surface area contributed by atoms with E-state index in [1.165, 1.54) is 0 Å². The molecule has 0 aliphatic rings. The van der Waals surface area contributed by atoms with Crippen molar-refractivity contribution in [2.24, 2.45) is 0 Å². The van der Waals surface area contributed by atoms with Crippen molar-refractivity contribution < 1.29 is 19.1 Å². The number of hydrogen-bond acceptors (Lipinski definition) is 4. The Morgan fingerprint density at radius 3 is 2.02 bits per heavy atom. The van der Waals surface area contributed by atoms with E-state index in [2.05, 4.69) is 17.6 Å².